The lowest BCUT2D eigenvalue weighted by atomic mass is 9.92. The van der Waals surface area contributed by atoms with Gasteiger partial charge in [0.15, 0.2) is 0 Å². The van der Waals surface area contributed by atoms with E-state index in [0.29, 0.717) is 12.6 Å². The number of hydrogen-bond acceptors (Lipinski definition) is 5. The molecule has 1 atom stereocenters. The van der Waals surface area contributed by atoms with Gasteiger partial charge in [-0.15, -0.1) is 0 Å². The maximum Gasteiger partial charge on any atom is 0.266 e. The van der Waals surface area contributed by atoms with Gasteiger partial charge in [0.1, 0.15) is 12.7 Å². The minimum atomic E-state index is -0.0576. The zero-order chi connectivity index (χ0) is 17.2. The first-order chi connectivity index (χ1) is 11.4. The second kappa shape index (κ2) is 6.84. The van der Waals surface area contributed by atoms with Gasteiger partial charge in [-0.05, 0) is 25.5 Å². The van der Waals surface area contributed by atoms with Gasteiger partial charge >= 0.3 is 0 Å². The summed E-state index contributed by atoms with van der Waals surface area (Å²) in [6.07, 6.45) is 5.56. The molecule has 0 N–H and O–H groups in total. The summed E-state index contributed by atoms with van der Waals surface area (Å²) in [6, 6.07) is 3.84. The van der Waals surface area contributed by atoms with Crippen molar-refractivity contribution in [2.45, 2.75) is 58.2 Å². The Balaban J connectivity index is 1.69. The lowest BCUT2D eigenvalue weighted by molar-refractivity contribution is 0.213. The van der Waals surface area contributed by atoms with E-state index in [4.69, 9.17) is 0 Å². The summed E-state index contributed by atoms with van der Waals surface area (Å²) in [6.45, 7) is 9.80. The Kier molecular flexibility index (Phi) is 4.80. The third-order valence-electron chi connectivity index (χ3n) is 4.60. The topological polar surface area (TPSA) is 68.8 Å². The van der Waals surface area contributed by atoms with E-state index < -0.39 is 0 Å². The predicted molar refractivity (Wildman–Crippen MR) is 91.8 cm³/mol. The van der Waals surface area contributed by atoms with Gasteiger partial charge in [0.05, 0.1) is 18.8 Å². The third-order valence-corrected chi connectivity index (χ3v) is 4.60. The first-order valence-corrected chi connectivity index (χ1v) is 8.58. The summed E-state index contributed by atoms with van der Waals surface area (Å²) in [5.41, 5.74) is 0.873. The van der Waals surface area contributed by atoms with Gasteiger partial charge in [0.2, 0.25) is 0 Å². The summed E-state index contributed by atoms with van der Waals surface area (Å²) in [5.74, 6) is 0. The maximum atomic E-state index is 12.2. The molecule has 1 aliphatic rings. The molecule has 3 rings (SSSR count). The van der Waals surface area contributed by atoms with Gasteiger partial charge in [-0.2, -0.15) is 10.2 Å². The summed E-state index contributed by atoms with van der Waals surface area (Å²) in [5, 5.41) is 8.75. The molecule has 0 amide bonds. The van der Waals surface area contributed by atoms with E-state index in [1.807, 2.05) is 10.7 Å². The van der Waals surface area contributed by atoms with E-state index in [9.17, 15) is 4.79 Å². The van der Waals surface area contributed by atoms with Crippen LogP contribution in [0.3, 0.4) is 0 Å². The monoisotopic (exact) mass is 330 g/mol. The van der Waals surface area contributed by atoms with Crippen LogP contribution in [-0.4, -0.2) is 48.6 Å². The molecule has 0 bridgehead atoms. The summed E-state index contributed by atoms with van der Waals surface area (Å²) in [4.78, 5) is 18.6. The molecule has 0 radical (unpaired) electrons. The van der Waals surface area contributed by atoms with Crippen LogP contribution in [0.4, 0.5) is 0 Å². The molecule has 0 aliphatic carbocycles. The number of aromatic nitrogens is 5. The van der Waals surface area contributed by atoms with Crippen molar-refractivity contribution >= 4 is 0 Å². The molecule has 24 heavy (non-hydrogen) atoms. The van der Waals surface area contributed by atoms with Crippen molar-refractivity contribution in [1.82, 2.24) is 29.4 Å². The van der Waals surface area contributed by atoms with Crippen LogP contribution >= 0.6 is 0 Å². The van der Waals surface area contributed by atoms with Crippen molar-refractivity contribution < 1.29 is 0 Å². The van der Waals surface area contributed by atoms with Gasteiger partial charge in [-0.25, -0.2) is 9.67 Å². The summed E-state index contributed by atoms with van der Waals surface area (Å²) in [7, 11) is 0. The van der Waals surface area contributed by atoms with E-state index in [2.05, 4.69) is 40.9 Å². The molecular formula is C17H26N6O. The zero-order valence-electron chi connectivity index (χ0n) is 14.7. The molecule has 1 aliphatic heterocycles. The molecule has 1 saturated heterocycles. The van der Waals surface area contributed by atoms with Crippen LogP contribution in [0.25, 0.3) is 0 Å². The van der Waals surface area contributed by atoms with E-state index >= 15 is 0 Å². The second-order valence-electron chi connectivity index (χ2n) is 7.48. The van der Waals surface area contributed by atoms with Gasteiger partial charge in [0, 0.05) is 24.1 Å². The van der Waals surface area contributed by atoms with Crippen molar-refractivity contribution in [3.63, 3.8) is 0 Å². The number of hydrogen-bond donors (Lipinski definition) is 0. The third kappa shape index (κ3) is 3.90. The average Bonchev–Trinajstić information content (AvgIpc) is 3.17. The molecule has 0 spiro atoms. The highest BCUT2D eigenvalue weighted by Crippen LogP contribution is 2.20. The molecule has 1 unspecified atom stereocenters. The fraction of sp³-hybridized carbons (Fsp3) is 0.647. The van der Waals surface area contributed by atoms with E-state index in [0.717, 1.165) is 38.2 Å². The van der Waals surface area contributed by atoms with Crippen LogP contribution in [0, 0.1) is 0 Å². The van der Waals surface area contributed by atoms with Crippen molar-refractivity contribution in [1.29, 1.82) is 0 Å². The van der Waals surface area contributed by atoms with Crippen molar-refractivity contribution in [3.8, 4) is 0 Å². The first kappa shape index (κ1) is 16.8. The number of likely N-dealkylation sites (tertiary alicyclic amines) is 1. The smallest absolute Gasteiger partial charge is 0.266 e. The Hall–Kier alpha value is -2.02. The minimum Gasteiger partial charge on any atom is -0.297 e. The molecule has 3 heterocycles. The van der Waals surface area contributed by atoms with Crippen molar-refractivity contribution in [2.75, 3.05) is 13.1 Å². The number of rotatable bonds is 5. The van der Waals surface area contributed by atoms with Crippen molar-refractivity contribution in [3.05, 3.63) is 40.8 Å². The average molecular weight is 330 g/mol. The first-order valence-electron chi connectivity index (χ1n) is 8.58. The van der Waals surface area contributed by atoms with Gasteiger partial charge < -0.3 is 0 Å². The lowest BCUT2D eigenvalue weighted by Gasteiger charge is -2.25. The summed E-state index contributed by atoms with van der Waals surface area (Å²) < 4.78 is 3.49. The Labute approximate surface area is 142 Å². The number of nitrogens with zero attached hydrogens (tertiary/aromatic N) is 6. The molecule has 130 valence electrons. The maximum absolute atomic E-state index is 12.2. The van der Waals surface area contributed by atoms with Crippen LogP contribution < -0.4 is 5.56 Å². The van der Waals surface area contributed by atoms with Crippen molar-refractivity contribution in [2.24, 2.45) is 0 Å². The Bertz CT molecular complexity index is 715. The van der Waals surface area contributed by atoms with Crippen LogP contribution in [0.1, 0.15) is 39.3 Å². The fourth-order valence-corrected chi connectivity index (χ4v) is 3.15. The molecule has 2 aromatic heterocycles. The standard InChI is InChI=1S/C17H26N6O/c1-17(2,3)15-6-7-16(24)23(20-15)11-14-5-4-8-21(14)9-10-22-13-18-12-19-22/h6-7,12-14H,4-5,8-11H2,1-3H3. The fourth-order valence-electron chi connectivity index (χ4n) is 3.15. The molecule has 0 saturated carbocycles. The molecule has 1 fully saturated rings. The van der Waals surface area contributed by atoms with E-state index in [1.165, 1.54) is 0 Å². The second-order valence-corrected chi connectivity index (χ2v) is 7.48. The van der Waals surface area contributed by atoms with Crippen LogP contribution in [0.15, 0.2) is 29.6 Å². The van der Waals surface area contributed by atoms with Crippen LogP contribution in [0.2, 0.25) is 0 Å². The minimum absolute atomic E-state index is 0.0221. The Morgan fingerprint density at radius 3 is 2.79 bits per heavy atom. The SMILES string of the molecule is CC(C)(C)c1ccc(=O)n(CC2CCCN2CCn2cncn2)n1. The van der Waals surface area contributed by atoms with Crippen LogP contribution in [-0.2, 0) is 18.5 Å². The molecule has 7 nitrogen and oxygen atoms in total. The quantitative estimate of drug-likeness (QED) is 0.826. The normalized spacial score (nSPS) is 19.0. The van der Waals surface area contributed by atoms with Gasteiger partial charge in [-0.1, -0.05) is 20.8 Å². The summed E-state index contributed by atoms with van der Waals surface area (Å²) >= 11 is 0. The zero-order valence-corrected chi connectivity index (χ0v) is 14.7. The largest absolute Gasteiger partial charge is 0.297 e. The Morgan fingerprint density at radius 1 is 1.25 bits per heavy atom. The van der Waals surface area contributed by atoms with Crippen LogP contribution in [0.5, 0.6) is 0 Å². The van der Waals surface area contributed by atoms with Gasteiger partial charge in [0.25, 0.3) is 5.56 Å². The highest BCUT2D eigenvalue weighted by molar-refractivity contribution is 5.10. The molecular weight excluding hydrogens is 304 g/mol. The van der Waals surface area contributed by atoms with E-state index in [1.54, 1.807) is 23.4 Å². The highest BCUT2D eigenvalue weighted by Gasteiger charge is 2.26. The van der Waals surface area contributed by atoms with E-state index in [-0.39, 0.29) is 11.0 Å². The molecule has 7 heteroatoms. The van der Waals surface area contributed by atoms with Gasteiger partial charge in [-0.3, -0.25) is 14.4 Å². The Morgan fingerprint density at radius 2 is 2.08 bits per heavy atom. The molecule has 2 aromatic rings. The molecule has 0 aromatic carbocycles. The highest BCUT2D eigenvalue weighted by atomic mass is 16.1. The predicted octanol–water partition coefficient (Wildman–Crippen LogP) is 1.30. The lowest BCUT2D eigenvalue weighted by Crippen LogP contribution is -2.39.